The molecule has 0 fully saturated rings. The third-order valence-corrected chi connectivity index (χ3v) is 2.37. The molecule has 70 valence electrons. The van der Waals surface area contributed by atoms with E-state index in [9.17, 15) is 5.11 Å². The monoisotopic (exact) mass is 179 g/mol. The molecule has 0 saturated carbocycles. The Bertz CT molecular complexity index is 323. The third-order valence-electron chi connectivity index (χ3n) is 2.37. The highest BCUT2D eigenvalue weighted by atomic mass is 16.5. The van der Waals surface area contributed by atoms with Gasteiger partial charge in [-0.3, -0.25) is 0 Å². The average molecular weight is 179 g/mol. The maximum Gasteiger partial charge on any atom is 0.139 e. The van der Waals surface area contributed by atoms with E-state index in [1.807, 2.05) is 0 Å². The van der Waals surface area contributed by atoms with E-state index in [1.54, 1.807) is 19.2 Å². The summed E-state index contributed by atoms with van der Waals surface area (Å²) < 4.78 is 5.22. The van der Waals surface area contributed by atoms with Crippen molar-refractivity contribution in [1.29, 1.82) is 0 Å². The van der Waals surface area contributed by atoms with E-state index in [0.717, 1.165) is 36.4 Å². The van der Waals surface area contributed by atoms with E-state index >= 15 is 0 Å². The topological polar surface area (TPSA) is 41.5 Å². The summed E-state index contributed by atoms with van der Waals surface area (Å²) in [4.78, 5) is 0. The first-order valence-electron chi connectivity index (χ1n) is 4.45. The summed E-state index contributed by atoms with van der Waals surface area (Å²) in [5.74, 6) is 1.18. The van der Waals surface area contributed by atoms with Gasteiger partial charge in [-0.2, -0.15) is 0 Å². The van der Waals surface area contributed by atoms with Gasteiger partial charge in [0.1, 0.15) is 11.5 Å². The molecular weight excluding hydrogens is 166 g/mol. The summed E-state index contributed by atoms with van der Waals surface area (Å²) in [6, 6.07) is 3.47. The second kappa shape index (κ2) is 3.17. The van der Waals surface area contributed by atoms with Gasteiger partial charge in [0.15, 0.2) is 0 Å². The van der Waals surface area contributed by atoms with Crippen molar-refractivity contribution >= 4 is 5.69 Å². The zero-order chi connectivity index (χ0) is 9.26. The van der Waals surface area contributed by atoms with Gasteiger partial charge >= 0.3 is 0 Å². The quantitative estimate of drug-likeness (QED) is 0.645. The Hall–Kier alpha value is -1.38. The number of fused-ring (bicyclic) bond motifs is 1. The Balaban J connectivity index is 2.52. The fourth-order valence-corrected chi connectivity index (χ4v) is 1.73. The predicted octanol–water partition coefficient (Wildman–Crippen LogP) is 1.76. The molecule has 3 nitrogen and oxygen atoms in total. The highest BCUT2D eigenvalue weighted by molar-refractivity contribution is 5.67. The molecule has 0 spiro atoms. The average Bonchev–Trinajstić information content (AvgIpc) is 2.19. The molecular formula is C10H13NO2. The Kier molecular flexibility index (Phi) is 2.00. The standard InChI is InChI=1S/C10H13NO2/c1-13-9-5-4-8(12)10-7(9)3-2-6-11-10/h4-5,11-12H,2-3,6H2,1H3. The molecule has 3 heteroatoms. The number of rotatable bonds is 1. The lowest BCUT2D eigenvalue weighted by Gasteiger charge is -2.21. The summed E-state index contributed by atoms with van der Waals surface area (Å²) in [6.07, 6.45) is 2.06. The lowest BCUT2D eigenvalue weighted by Crippen LogP contribution is -2.12. The van der Waals surface area contributed by atoms with E-state index in [2.05, 4.69) is 5.32 Å². The van der Waals surface area contributed by atoms with E-state index in [1.165, 1.54) is 0 Å². The highest BCUT2D eigenvalue weighted by Gasteiger charge is 2.16. The van der Waals surface area contributed by atoms with Gasteiger partial charge in [-0.05, 0) is 25.0 Å². The summed E-state index contributed by atoms with van der Waals surface area (Å²) in [6.45, 7) is 0.924. The Morgan fingerprint density at radius 3 is 3.08 bits per heavy atom. The first kappa shape index (κ1) is 8.23. The molecule has 0 aromatic heterocycles. The third kappa shape index (κ3) is 1.30. The maximum absolute atomic E-state index is 9.56. The molecule has 13 heavy (non-hydrogen) atoms. The minimum Gasteiger partial charge on any atom is -0.506 e. The molecule has 0 atom stereocenters. The first-order valence-corrected chi connectivity index (χ1v) is 4.45. The normalized spacial score (nSPS) is 14.5. The van der Waals surface area contributed by atoms with Crippen LogP contribution in [0.5, 0.6) is 11.5 Å². The zero-order valence-corrected chi connectivity index (χ0v) is 7.63. The SMILES string of the molecule is COc1ccc(O)c2c1CCCN2. The van der Waals surface area contributed by atoms with Gasteiger partial charge < -0.3 is 15.2 Å². The van der Waals surface area contributed by atoms with Crippen LogP contribution in [-0.2, 0) is 6.42 Å². The van der Waals surface area contributed by atoms with Crippen LogP contribution in [0.3, 0.4) is 0 Å². The molecule has 0 saturated heterocycles. The Labute approximate surface area is 77.3 Å². The van der Waals surface area contributed by atoms with Crippen LogP contribution < -0.4 is 10.1 Å². The van der Waals surface area contributed by atoms with Crippen molar-refractivity contribution in [3.05, 3.63) is 17.7 Å². The van der Waals surface area contributed by atoms with Crippen LogP contribution in [0.1, 0.15) is 12.0 Å². The molecule has 2 N–H and O–H groups in total. The van der Waals surface area contributed by atoms with Gasteiger partial charge in [-0.15, -0.1) is 0 Å². The van der Waals surface area contributed by atoms with Crippen LogP contribution in [0.4, 0.5) is 5.69 Å². The van der Waals surface area contributed by atoms with Crippen molar-refractivity contribution in [2.75, 3.05) is 19.0 Å². The fraction of sp³-hybridized carbons (Fsp3) is 0.400. The maximum atomic E-state index is 9.56. The minimum atomic E-state index is 0.315. The fourth-order valence-electron chi connectivity index (χ4n) is 1.73. The van der Waals surface area contributed by atoms with Crippen molar-refractivity contribution in [2.45, 2.75) is 12.8 Å². The molecule has 0 aliphatic carbocycles. The van der Waals surface area contributed by atoms with E-state index < -0.39 is 0 Å². The largest absolute Gasteiger partial charge is 0.506 e. The number of aromatic hydroxyl groups is 1. The van der Waals surface area contributed by atoms with Crippen LogP contribution in [0.2, 0.25) is 0 Å². The van der Waals surface area contributed by atoms with Gasteiger partial charge in [0.05, 0.1) is 12.8 Å². The van der Waals surface area contributed by atoms with E-state index in [0.29, 0.717) is 5.75 Å². The molecule has 0 unspecified atom stereocenters. The summed E-state index contributed by atoms with van der Waals surface area (Å²) in [5.41, 5.74) is 1.93. The minimum absolute atomic E-state index is 0.315. The number of hydrogen-bond acceptors (Lipinski definition) is 3. The number of ether oxygens (including phenoxy) is 1. The number of nitrogens with one attached hydrogen (secondary N) is 1. The molecule has 0 radical (unpaired) electrons. The van der Waals surface area contributed by atoms with Gasteiger partial charge in [-0.25, -0.2) is 0 Å². The number of methoxy groups -OCH3 is 1. The number of benzene rings is 1. The second-order valence-electron chi connectivity index (χ2n) is 3.17. The van der Waals surface area contributed by atoms with Crippen LogP contribution >= 0.6 is 0 Å². The van der Waals surface area contributed by atoms with E-state index in [4.69, 9.17) is 4.74 Å². The molecule has 2 rings (SSSR count). The van der Waals surface area contributed by atoms with Crippen molar-refractivity contribution in [3.8, 4) is 11.5 Å². The molecule has 1 heterocycles. The predicted molar refractivity (Wildman–Crippen MR) is 51.5 cm³/mol. The van der Waals surface area contributed by atoms with Crippen molar-refractivity contribution < 1.29 is 9.84 Å². The van der Waals surface area contributed by atoms with Crippen LogP contribution in [0, 0.1) is 0 Å². The molecule has 1 aromatic carbocycles. The van der Waals surface area contributed by atoms with Gasteiger partial charge in [-0.1, -0.05) is 0 Å². The van der Waals surface area contributed by atoms with Gasteiger partial charge in [0.25, 0.3) is 0 Å². The molecule has 0 bridgehead atoms. The van der Waals surface area contributed by atoms with Crippen molar-refractivity contribution in [1.82, 2.24) is 0 Å². The van der Waals surface area contributed by atoms with Gasteiger partial charge in [0, 0.05) is 12.1 Å². The van der Waals surface area contributed by atoms with Crippen molar-refractivity contribution in [2.24, 2.45) is 0 Å². The summed E-state index contributed by atoms with van der Waals surface area (Å²) in [7, 11) is 1.65. The lowest BCUT2D eigenvalue weighted by molar-refractivity contribution is 0.406. The lowest BCUT2D eigenvalue weighted by atomic mass is 10.0. The Morgan fingerprint density at radius 1 is 1.46 bits per heavy atom. The van der Waals surface area contributed by atoms with Crippen LogP contribution in [0.15, 0.2) is 12.1 Å². The molecule has 1 aliphatic heterocycles. The Morgan fingerprint density at radius 2 is 2.31 bits per heavy atom. The van der Waals surface area contributed by atoms with Crippen LogP contribution in [-0.4, -0.2) is 18.8 Å². The molecule has 0 amide bonds. The smallest absolute Gasteiger partial charge is 0.139 e. The zero-order valence-electron chi connectivity index (χ0n) is 7.63. The summed E-state index contributed by atoms with van der Waals surface area (Å²) >= 11 is 0. The molecule has 1 aromatic rings. The number of hydrogen-bond donors (Lipinski definition) is 2. The summed E-state index contributed by atoms with van der Waals surface area (Å²) in [5, 5.41) is 12.7. The van der Waals surface area contributed by atoms with E-state index in [-0.39, 0.29) is 0 Å². The van der Waals surface area contributed by atoms with Crippen LogP contribution in [0.25, 0.3) is 0 Å². The number of phenolic OH excluding ortho intramolecular Hbond substituents is 1. The van der Waals surface area contributed by atoms with Crippen molar-refractivity contribution in [3.63, 3.8) is 0 Å². The first-order chi connectivity index (χ1) is 6.33. The number of phenols is 1. The molecule has 1 aliphatic rings. The highest BCUT2D eigenvalue weighted by Crippen LogP contribution is 2.37. The van der Waals surface area contributed by atoms with Gasteiger partial charge in [0.2, 0.25) is 0 Å². The number of anilines is 1. The second-order valence-corrected chi connectivity index (χ2v) is 3.17.